The topological polar surface area (TPSA) is 21.3 Å². The fourth-order valence-electron chi connectivity index (χ4n) is 1.18. The quantitative estimate of drug-likeness (QED) is 0.569. The highest BCUT2D eigenvalue weighted by Crippen LogP contribution is 2.14. The molecule has 1 aromatic rings. The van der Waals surface area contributed by atoms with Gasteiger partial charge >= 0.3 is 0 Å². The Morgan fingerprint density at radius 2 is 2.40 bits per heavy atom. The van der Waals surface area contributed by atoms with E-state index in [-0.39, 0.29) is 0 Å². The van der Waals surface area contributed by atoms with Crippen molar-refractivity contribution >= 4 is 11.3 Å². The largest absolute Gasteiger partial charge is 0.376 e. The van der Waals surface area contributed by atoms with Crippen LogP contribution in [0.3, 0.4) is 0 Å². The first-order chi connectivity index (χ1) is 7.34. The average Bonchev–Trinajstić information content (AvgIpc) is 2.63. The summed E-state index contributed by atoms with van der Waals surface area (Å²) in [5.74, 6) is 0. The van der Waals surface area contributed by atoms with Gasteiger partial charge in [-0.1, -0.05) is 12.2 Å². The van der Waals surface area contributed by atoms with Gasteiger partial charge in [0.2, 0.25) is 0 Å². The third kappa shape index (κ3) is 5.11. The maximum absolute atomic E-state index is 5.38. The van der Waals surface area contributed by atoms with E-state index in [4.69, 9.17) is 4.74 Å². The lowest BCUT2D eigenvalue weighted by Crippen LogP contribution is -2.19. The first-order valence-corrected chi connectivity index (χ1v) is 6.15. The lowest BCUT2D eigenvalue weighted by molar-refractivity contribution is 0.163. The summed E-state index contributed by atoms with van der Waals surface area (Å²) in [7, 11) is 0. The number of thiophene rings is 1. The number of hydrogen-bond acceptors (Lipinski definition) is 3. The Morgan fingerprint density at radius 3 is 3.07 bits per heavy atom. The molecule has 0 amide bonds. The molecule has 1 N–H and O–H groups in total. The Balaban J connectivity index is 2.00. The number of hydrogen-bond donors (Lipinski definition) is 1. The maximum atomic E-state index is 5.38. The summed E-state index contributed by atoms with van der Waals surface area (Å²) < 4.78 is 5.38. The second kappa shape index (κ2) is 7.63. The molecule has 84 valence electrons. The summed E-state index contributed by atoms with van der Waals surface area (Å²) >= 11 is 1.81. The van der Waals surface area contributed by atoms with Gasteiger partial charge in [-0.05, 0) is 30.9 Å². The zero-order valence-corrected chi connectivity index (χ0v) is 10.3. The number of allylic oxidation sites excluding steroid dienone is 1. The Hall–Kier alpha value is -0.640. The minimum atomic E-state index is 0.718. The monoisotopic (exact) mass is 225 g/mol. The van der Waals surface area contributed by atoms with Crippen molar-refractivity contribution in [2.75, 3.05) is 19.8 Å². The van der Waals surface area contributed by atoms with E-state index >= 15 is 0 Å². The molecule has 1 rings (SSSR count). The van der Waals surface area contributed by atoms with Gasteiger partial charge in [-0.2, -0.15) is 0 Å². The van der Waals surface area contributed by atoms with Crippen molar-refractivity contribution in [3.63, 3.8) is 0 Å². The van der Waals surface area contributed by atoms with Crippen LogP contribution in [-0.2, 0) is 11.3 Å². The van der Waals surface area contributed by atoms with Crippen LogP contribution < -0.4 is 5.32 Å². The highest BCUT2D eigenvalue weighted by atomic mass is 32.1. The van der Waals surface area contributed by atoms with E-state index in [1.807, 2.05) is 19.1 Å². The van der Waals surface area contributed by atoms with Crippen molar-refractivity contribution in [1.82, 2.24) is 5.32 Å². The van der Waals surface area contributed by atoms with E-state index in [1.165, 1.54) is 10.4 Å². The molecule has 0 aliphatic heterocycles. The minimum absolute atomic E-state index is 0.718. The highest BCUT2D eigenvalue weighted by molar-refractivity contribution is 7.10. The normalized spacial score (nSPS) is 11.3. The fraction of sp³-hybridized carbons (Fsp3) is 0.500. The molecule has 0 fully saturated rings. The number of aryl methyl sites for hydroxylation is 1. The molecule has 0 bridgehead atoms. The Kier molecular flexibility index (Phi) is 6.32. The van der Waals surface area contributed by atoms with Gasteiger partial charge in [0, 0.05) is 18.0 Å². The van der Waals surface area contributed by atoms with Crippen molar-refractivity contribution < 1.29 is 4.74 Å². The van der Waals surface area contributed by atoms with Crippen molar-refractivity contribution in [2.24, 2.45) is 0 Å². The Morgan fingerprint density at radius 1 is 1.53 bits per heavy atom. The summed E-state index contributed by atoms with van der Waals surface area (Å²) in [5, 5.41) is 5.50. The molecule has 15 heavy (non-hydrogen) atoms. The third-order valence-electron chi connectivity index (χ3n) is 2.13. The van der Waals surface area contributed by atoms with E-state index < -0.39 is 0 Å². The van der Waals surface area contributed by atoms with Crippen molar-refractivity contribution in [2.45, 2.75) is 20.4 Å². The van der Waals surface area contributed by atoms with Crippen LogP contribution in [-0.4, -0.2) is 19.8 Å². The molecule has 0 saturated carbocycles. The number of ether oxygens (including phenoxy) is 1. The van der Waals surface area contributed by atoms with E-state index in [0.717, 1.165) is 26.3 Å². The molecule has 0 aliphatic rings. The van der Waals surface area contributed by atoms with Crippen LogP contribution in [0.25, 0.3) is 0 Å². The summed E-state index contributed by atoms with van der Waals surface area (Å²) in [6.45, 7) is 7.51. The van der Waals surface area contributed by atoms with Gasteiger partial charge in [0.1, 0.15) is 0 Å². The molecule has 0 aliphatic carbocycles. The summed E-state index contributed by atoms with van der Waals surface area (Å²) in [6, 6.07) is 2.16. The van der Waals surface area contributed by atoms with Crippen molar-refractivity contribution in [1.29, 1.82) is 0 Å². The SMILES string of the molecule is CC=CCOCCNCc1sccc1C. The zero-order valence-electron chi connectivity index (χ0n) is 9.45. The zero-order chi connectivity index (χ0) is 10.9. The highest BCUT2D eigenvalue weighted by Gasteiger charge is 1.97. The molecule has 0 aromatic carbocycles. The second-order valence-corrected chi connectivity index (χ2v) is 4.35. The molecule has 1 aromatic heterocycles. The summed E-state index contributed by atoms with van der Waals surface area (Å²) in [5.41, 5.74) is 1.38. The van der Waals surface area contributed by atoms with Crippen LogP contribution in [0, 0.1) is 6.92 Å². The van der Waals surface area contributed by atoms with Gasteiger partial charge in [-0.25, -0.2) is 0 Å². The molecule has 0 atom stereocenters. The first-order valence-electron chi connectivity index (χ1n) is 5.27. The van der Waals surface area contributed by atoms with E-state index in [1.54, 1.807) is 11.3 Å². The van der Waals surface area contributed by atoms with Crippen LogP contribution in [0.4, 0.5) is 0 Å². The van der Waals surface area contributed by atoms with Crippen molar-refractivity contribution in [3.8, 4) is 0 Å². The molecule has 3 heteroatoms. The number of nitrogens with one attached hydrogen (secondary N) is 1. The van der Waals surface area contributed by atoms with E-state index in [2.05, 4.69) is 23.7 Å². The third-order valence-corrected chi connectivity index (χ3v) is 3.15. The van der Waals surface area contributed by atoms with Crippen molar-refractivity contribution in [3.05, 3.63) is 34.0 Å². The lowest BCUT2D eigenvalue weighted by Gasteiger charge is -2.04. The second-order valence-electron chi connectivity index (χ2n) is 3.35. The van der Waals surface area contributed by atoms with Gasteiger partial charge in [0.25, 0.3) is 0 Å². The van der Waals surface area contributed by atoms with Gasteiger partial charge in [0.05, 0.1) is 13.2 Å². The Bertz CT molecular complexity index is 294. The van der Waals surface area contributed by atoms with Crippen LogP contribution in [0.2, 0.25) is 0 Å². The first kappa shape index (κ1) is 12.4. The van der Waals surface area contributed by atoms with Gasteiger partial charge < -0.3 is 10.1 Å². The van der Waals surface area contributed by atoms with Gasteiger partial charge in [0.15, 0.2) is 0 Å². The predicted octanol–water partition coefficient (Wildman–Crippen LogP) is 2.74. The molecule has 2 nitrogen and oxygen atoms in total. The smallest absolute Gasteiger partial charge is 0.0647 e. The standard InChI is InChI=1S/C12H19NOS/c1-3-4-7-14-8-6-13-10-12-11(2)5-9-15-12/h3-5,9,13H,6-8,10H2,1-2H3. The molecule has 0 unspecified atom stereocenters. The van der Waals surface area contributed by atoms with Crippen LogP contribution >= 0.6 is 11.3 Å². The molecule has 1 heterocycles. The fourth-order valence-corrected chi connectivity index (χ4v) is 2.05. The Labute approximate surface area is 96.0 Å². The molecular formula is C12H19NOS. The van der Waals surface area contributed by atoms with Gasteiger partial charge in [-0.15, -0.1) is 11.3 Å². The van der Waals surface area contributed by atoms with E-state index in [0.29, 0.717) is 0 Å². The molecular weight excluding hydrogens is 206 g/mol. The average molecular weight is 225 g/mol. The number of rotatable bonds is 7. The molecule has 0 radical (unpaired) electrons. The molecule has 0 spiro atoms. The summed E-state index contributed by atoms with van der Waals surface area (Å²) in [4.78, 5) is 1.42. The van der Waals surface area contributed by atoms with Crippen LogP contribution in [0.1, 0.15) is 17.4 Å². The van der Waals surface area contributed by atoms with E-state index in [9.17, 15) is 0 Å². The van der Waals surface area contributed by atoms with Gasteiger partial charge in [-0.3, -0.25) is 0 Å². The summed E-state index contributed by atoms with van der Waals surface area (Å²) in [6.07, 6.45) is 4.02. The van der Waals surface area contributed by atoms with Crippen LogP contribution in [0.15, 0.2) is 23.6 Å². The maximum Gasteiger partial charge on any atom is 0.0647 e. The molecule has 0 saturated heterocycles. The lowest BCUT2D eigenvalue weighted by atomic mass is 10.3. The van der Waals surface area contributed by atoms with Crippen LogP contribution in [0.5, 0.6) is 0 Å². The predicted molar refractivity (Wildman–Crippen MR) is 66.4 cm³/mol. The minimum Gasteiger partial charge on any atom is -0.376 e.